The van der Waals surface area contributed by atoms with E-state index >= 15 is 0 Å². The molecule has 1 N–H and O–H groups in total. The summed E-state index contributed by atoms with van der Waals surface area (Å²) in [6.07, 6.45) is 4.05. The molecule has 0 saturated heterocycles. The quantitative estimate of drug-likeness (QED) is 0.906. The average Bonchev–Trinajstić information content (AvgIpc) is 3.12. The highest BCUT2D eigenvalue weighted by Crippen LogP contribution is 2.47. The topological polar surface area (TPSA) is 46.9 Å². The summed E-state index contributed by atoms with van der Waals surface area (Å²) in [5.74, 6) is -0.0946. The van der Waals surface area contributed by atoms with Crippen LogP contribution in [-0.4, -0.2) is 22.2 Å². The summed E-state index contributed by atoms with van der Waals surface area (Å²) in [7, 11) is 1.81. The Bertz CT molecular complexity index is 584. The maximum absolute atomic E-state index is 12.0. The molecule has 1 amide bonds. The molecule has 1 aliphatic rings. The third-order valence-corrected chi connectivity index (χ3v) is 3.77. The number of rotatable bonds is 4. The predicted octanol–water partition coefficient (Wildman–Crippen LogP) is 1.88. The number of nitrogens with one attached hydrogen (secondary N) is 1. The molecule has 1 saturated carbocycles. The van der Waals surface area contributed by atoms with Gasteiger partial charge in [0.1, 0.15) is 5.69 Å². The Morgan fingerprint density at radius 1 is 1.32 bits per heavy atom. The van der Waals surface area contributed by atoms with E-state index < -0.39 is 0 Å². The first-order valence-electron chi connectivity index (χ1n) is 6.53. The lowest BCUT2D eigenvalue weighted by atomic mass is 9.96. The number of aryl methyl sites for hydroxylation is 1. The standard InChI is InChI=1S/C15H17N3O/c1-18-10-7-13(17-18)14(19)16-11-15(8-9-15)12-5-3-2-4-6-12/h2-7,10H,8-9,11H2,1H3,(H,16,19). The van der Waals surface area contributed by atoms with E-state index in [0.29, 0.717) is 12.2 Å². The minimum atomic E-state index is -0.0946. The predicted molar refractivity (Wildman–Crippen MR) is 72.9 cm³/mol. The van der Waals surface area contributed by atoms with E-state index in [1.165, 1.54) is 5.56 Å². The molecule has 1 aliphatic carbocycles. The third kappa shape index (κ3) is 2.38. The fourth-order valence-corrected chi connectivity index (χ4v) is 2.39. The Balaban J connectivity index is 1.65. The molecule has 2 aromatic rings. The molecule has 4 heteroatoms. The zero-order chi connectivity index (χ0) is 13.3. The van der Waals surface area contributed by atoms with Gasteiger partial charge in [-0.3, -0.25) is 9.48 Å². The molecular weight excluding hydrogens is 238 g/mol. The van der Waals surface area contributed by atoms with Crippen molar-refractivity contribution in [2.45, 2.75) is 18.3 Å². The van der Waals surface area contributed by atoms with E-state index in [1.807, 2.05) is 13.1 Å². The van der Waals surface area contributed by atoms with Crippen molar-refractivity contribution < 1.29 is 4.79 Å². The van der Waals surface area contributed by atoms with Crippen LogP contribution in [0, 0.1) is 0 Å². The summed E-state index contributed by atoms with van der Waals surface area (Å²) < 4.78 is 1.64. The van der Waals surface area contributed by atoms with E-state index in [-0.39, 0.29) is 11.3 Å². The highest BCUT2D eigenvalue weighted by Gasteiger charge is 2.44. The minimum Gasteiger partial charge on any atom is -0.350 e. The third-order valence-electron chi connectivity index (χ3n) is 3.77. The van der Waals surface area contributed by atoms with Gasteiger partial charge in [-0.15, -0.1) is 0 Å². The number of carbonyl (C=O) groups is 1. The molecule has 3 rings (SSSR count). The number of hydrogen-bond acceptors (Lipinski definition) is 2. The number of carbonyl (C=O) groups excluding carboxylic acids is 1. The van der Waals surface area contributed by atoms with Crippen molar-refractivity contribution in [1.29, 1.82) is 0 Å². The van der Waals surface area contributed by atoms with Crippen LogP contribution in [0.25, 0.3) is 0 Å². The van der Waals surface area contributed by atoms with E-state index in [1.54, 1.807) is 16.9 Å². The average molecular weight is 255 g/mol. The molecule has 1 fully saturated rings. The number of benzene rings is 1. The fourth-order valence-electron chi connectivity index (χ4n) is 2.39. The normalized spacial score (nSPS) is 16.1. The monoisotopic (exact) mass is 255 g/mol. The van der Waals surface area contributed by atoms with Crippen LogP contribution >= 0.6 is 0 Å². The summed E-state index contributed by atoms with van der Waals surface area (Å²) in [6.45, 7) is 0.687. The molecule has 0 radical (unpaired) electrons. The maximum Gasteiger partial charge on any atom is 0.271 e. The Morgan fingerprint density at radius 3 is 2.63 bits per heavy atom. The number of aromatic nitrogens is 2. The molecule has 1 aromatic heterocycles. The molecule has 1 aromatic carbocycles. The van der Waals surface area contributed by atoms with Gasteiger partial charge in [0.05, 0.1) is 0 Å². The van der Waals surface area contributed by atoms with Crippen LogP contribution in [0.15, 0.2) is 42.6 Å². The molecule has 0 atom stereocenters. The summed E-state index contributed by atoms with van der Waals surface area (Å²) in [5.41, 5.74) is 1.94. The Labute approximate surface area is 112 Å². The zero-order valence-corrected chi connectivity index (χ0v) is 11.0. The summed E-state index contributed by atoms with van der Waals surface area (Å²) >= 11 is 0. The maximum atomic E-state index is 12.0. The van der Waals surface area contributed by atoms with Crippen molar-refractivity contribution in [3.8, 4) is 0 Å². The molecule has 0 aliphatic heterocycles. The van der Waals surface area contributed by atoms with Crippen molar-refractivity contribution in [1.82, 2.24) is 15.1 Å². The van der Waals surface area contributed by atoms with E-state index in [0.717, 1.165) is 12.8 Å². The molecule has 19 heavy (non-hydrogen) atoms. The van der Waals surface area contributed by atoms with Gasteiger partial charge in [0, 0.05) is 25.2 Å². The van der Waals surface area contributed by atoms with Crippen molar-refractivity contribution in [3.05, 3.63) is 53.9 Å². The number of nitrogens with zero attached hydrogens (tertiary/aromatic N) is 2. The zero-order valence-electron chi connectivity index (χ0n) is 11.0. The van der Waals surface area contributed by atoms with E-state index in [9.17, 15) is 4.79 Å². The highest BCUT2D eigenvalue weighted by molar-refractivity contribution is 5.92. The second-order valence-corrected chi connectivity index (χ2v) is 5.20. The SMILES string of the molecule is Cn1ccc(C(=O)NCC2(c3ccccc3)CC2)n1. The summed E-state index contributed by atoms with van der Waals surface area (Å²) in [4.78, 5) is 12.0. The van der Waals surface area contributed by atoms with Crippen molar-refractivity contribution in [2.75, 3.05) is 6.54 Å². The molecule has 1 heterocycles. The molecule has 4 nitrogen and oxygen atoms in total. The van der Waals surface area contributed by atoms with Crippen LogP contribution in [0.5, 0.6) is 0 Å². The Hall–Kier alpha value is -2.10. The van der Waals surface area contributed by atoms with Gasteiger partial charge in [-0.05, 0) is 24.5 Å². The highest BCUT2D eigenvalue weighted by atomic mass is 16.1. The Morgan fingerprint density at radius 2 is 2.05 bits per heavy atom. The number of hydrogen-bond donors (Lipinski definition) is 1. The van der Waals surface area contributed by atoms with Crippen LogP contribution in [0.3, 0.4) is 0 Å². The lowest BCUT2D eigenvalue weighted by Crippen LogP contribution is -2.32. The van der Waals surface area contributed by atoms with Crippen molar-refractivity contribution in [3.63, 3.8) is 0 Å². The van der Waals surface area contributed by atoms with Crippen LogP contribution in [0.4, 0.5) is 0 Å². The van der Waals surface area contributed by atoms with Gasteiger partial charge >= 0.3 is 0 Å². The second kappa shape index (κ2) is 4.53. The Kier molecular flexibility index (Phi) is 2.85. The number of amides is 1. The van der Waals surface area contributed by atoms with Crippen LogP contribution in [-0.2, 0) is 12.5 Å². The smallest absolute Gasteiger partial charge is 0.271 e. The minimum absolute atomic E-state index is 0.0946. The van der Waals surface area contributed by atoms with E-state index in [4.69, 9.17) is 0 Å². The largest absolute Gasteiger partial charge is 0.350 e. The van der Waals surface area contributed by atoms with Gasteiger partial charge in [0.25, 0.3) is 5.91 Å². The van der Waals surface area contributed by atoms with Gasteiger partial charge in [0.15, 0.2) is 0 Å². The molecular formula is C15H17N3O. The van der Waals surface area contributed by atoms with Crippen molar-refractivity contribution >= 4 is 5.91 Å². The van der Waals surface area contributed by atoms with Crippen LogP contribution < -0.4 is 5.32 Å². The lowest BCUT2D eigenvalue weighted by molar-refractivity contribution is 0.0944. The van der Waals surface area contributed by atoms with Gasteiger partial charge in [-0.25, -0.2) is 0 Å². The second-order valence-electron chi connectivity index (χ2n) is 5.20. The molecule has 0 bridgehead atoms. The molecule has 0 unspecified atom stereocenters. The van der Waals surface area contributed by atoms with Gasteiger partial charge in [-0.2, -0.15) is 5.10 Å². The lowest BCUT2D eigenvalue weighted by Gasteiger charge is -2.16. The first kappa shape index (κ1) is 12.0. The van der Waals surface area contributed by atoms with Gasteiger partial charge in [0.2, 0.25) is 0 Å². The van der Waals surface area contributed by atoms with Crippen molar-refractivity contribution in [2.24, 2.45) is 7.05 Å². The van der Waals surface area contributed by atoms with E-state index in [2.05, 4.69) is 34.7 Å². The molecule has 98 valence electrons. The fraction of sp³-hybridized carbons (Fsp3) is 0.333. The molecule has 0 spiro atoms. The van der Waals surface area contributed by atoms with Crippen LogP contribution in [0.2, 0.25) is 0 Å². The van der Waals surface area contributed by atoms with Crippen LogP contribution in [0.1, 0.15) is 28.9 Å². The van der Waals surface area contributed by atoms with Gasteiger partial charge in [-0.1, -0.05) is 30.3 Å². The first-order chi connectivity index (χ1) is 9.20. The summed E-state index contributed by atoms with van der Waals surface area (Å²) in [5, 5.41) is 7.11. The first-order valence-corrected chi connectivity index (χ1v) is 6.53. The summed E-state index contributed by atoms with van der Waals surface area (Å²) in [6, 6.07) is 12.1. The van der Waals surface area contributed by atoms with Gasteiger partial charge < -0.3 is 5.32 Å².